The number of nitrogens with zero attached hydrogens (tertiary/aromatic N) is 2. The minimum atomic E-state index is -0.640. The van der Waals surface area contributed by atoms with Crippen molar-refractivity contribution in [1.29, 1.82) is 5.26 Å². The summed E-state index contributed by atoms with van der Waals surface area (Å²) in [5.41, 5.74) is 4.16. The molecule has 2 heterocycles. The van der Waals surface area contributed by atoms with Gasteiger partial charge in [0.05, 0.1) is 11.6 Å². The topological polar surface area (TPSA) is 109 Å². The van der Waals surface area contributed by atoms with E-state index in [4.69, 9.17) is 9.15 Å². The minimum Gasteiger partial charge on any atom is -0.408 e. The highest BCUT2D eigenvalue weighted by molar-refractivity contribution is 5.82. The molecule has 0 bridgehead atoms. The highest BCUT2D eigenvalue weighted by Gasteiger charge is 2.23. The third-order valence-electron chi connectivity index (χ3n) is 5.68. The molecular formula is C24H26N4O4. The number of oxazole rings is 1. The van der Waals surface area contributed by atoms with Crippen molar-refractivity contribution in [3.8, 4) is 17.2 Å². The average molecular weight is 434 g/mol. The summed E-state index contributed by atoms with van der Waals surface area (Å²) in [7, 11) is 1.68. The maximum atomic E-state index is 12.5. The molecule has 0 unspecified atom stereocenters. The summed E-state index contributed by atoms with van der Waals surface area (Å²) in [6.45, 7) is 1.87. The molecule has 2 aromatic carbocycles. The normalized spacial score (nSPS) is 17.8. The van der Waals surface area contributed by atoms with Crippen molar-refractivity contribution in [2.75, 3.05) is 19.7 Å². The third kappa shape index (κ3) is 4.90. The van der Waals surface area contributed by atoms with Gasteiger partial charge in [-0.15, -0.1) is 0 Å². The van der Waals surface area contributed by atoms with Gasteiger partial charge in [0.1, 0.15) is 12.1 Å². The van der Waals surface area contributed by atoms with Crippen LogP contribution in [0, 0.1) is 11.3 Å². The molecule has 0 aliphatic carbocycles. The number of aryl methyl sites for hydroxylation is 1. The van der Waals surface area contributed by atoms with Crippen LogP contribution < -0.4 is 16.4 Å². The van der Waals surface area contributed by atoms with E-state index < -0.39 is 17.9 Å². The smallest absolute Gasteiger partial charge is 0.408 e. The van der Waals surface area contributed by atoms with Crippen LogP contribution in [-0.4, -0.2) is 42.3 Å². The SMILES string of the molecule is Cn1c(=O)oc2ccc(-c3ccc(C[C@@H](C#N)NC(=O)[C@@H]4CNCCCCO4)cc3)cc21. The molecule has 1 aliphatic rings. The van der Waals surface area contributed by atoms with E-state index in [9.17, 15) is 14.9 Å². The number of fused-ring (bicyclic) bond motifs is 1. The van der Waals surface area contributed by atoms with Gasteiger partial charge in [0, 0.05) is 26.6 Å². The number of hydrogen-bond donors (Lipinski definition) is 2. The zero-order valence-corrected chi connectivity index (χ0v) is 18.0. The van der Waals surface area contributed by atoms with Crippen LogP contribution in [0.25, 0.3) is 22.2 Å². The molecular weight excluding hydrogens is 408 g/mol. The third-order valence-corrected chi connectivity index (χ3v) is 5.68. The number of ether oxygens (including phenoxy) is 1. The predicted octanol–water partition coefficient (Wildman–Crippen LogP) is 2.12. The Morgan fingerprint density at radius 2 is 2.03 bits per heavy atom. The summed E-state index contributed by atoms with van der Waals surface area (Å²) in [6.07, 6.45) is 1.76. The molecule has 2 atom stereocenters. The highest BCUT2D eigenvalue weighted by Crippen LogP contribution is 2.24. The number of amides is 1. The Balaban J connectivity index is 1.42. The van der Waals surface area contributed by atoms with Gasteiger partial charge >= 0.3 is 5.76 Å². The van der Waals surface area contributed by atoms with Gasteiger partial charge in [-0.25, -0.2) is 4.79 Å². The lowest BCUT2D eigenvalue weighted by atomic mass is 10.0. The largest absolute Gasteiger partial charge is 0.419 e. The summed E-state index contributed by atoms with van der Waals surface area (Å²) in [4.78, 5) is 24.2. The lowest BCUT2D eigenvalue weighted by Crippen LogP contribution is -2.47. The second-order valence-electron chi connectivity index (χ2n) is 7.97. The van der Waals surface area contributed by atoms with E-state index in [1.54, 1.807) is 13.1 Å². The Morgan fingerprint density at radius 1 is 1.25 bits per heavy atom. The maximum absolute atomic E-state index is 12.5. The molecule has 1 aliphatic heterocycles. The summed E-state index contributed by atoms with van der Waals surface area (Å²) < 4.78 is 12.3. The van der Waals surface area contributed by atoms with Gasteiger partial charge in [0.2, 0.25) is 0 Å². The van der Waals surface area contributed by atoms with Gasteiger partial charge < -0.3 is 19.8 Å². The number of carbonyl (C=O) groups is 1. The molecule has 8 heteroatoms. The molecule has 32 heavy (non-hydrogen) atoms. The number of aromatic nitrogens is 1. The van der Waals surface area contributed by atoms with Crippen LogP contribution in [0.5, 0.6) is 0 Å². The van der Waals surface area contributed by atoms with Crippen molar-refractivity contribution in [3.63, 3.8) is 0 Å². The van der Waals surface area contributed by atoms with Crippen LogP contribution in [0.2, 0.25) is 0 Å². The predicted molar refractivity (Wildman–Crippen MR) is 120 cm³/mol. The number of nitrogens with one attached hydrogen (secondary N) is 2. The lowest BCUT2D eigenvalue weighted by molar-refractivity contribution is -0.133. The molecule has 8 nitrogen and oxygen atoms in total. The average Bonchev–Trinajstić information content (AvgIpc) is 3.06. The van der Waals surface area contributed by atoms with E-state index >= 15 is 0 Å². The van der Waals surface area contributed by atoms with Crippen LogP contribution in [0.1, 0.15) is 18.4 Å². The van der Waals surface area contributed by atoms with Gasteiger partial charge in [-0.1, -0.05) is 30.3 Å². The fraction of sp³-hybridized carbons (Fsp3) is 0.375. The van der Waals surface area contributed by atoms with Crippen molar-refractivity contribution in [2.24, 2.45) is 7.05 Å². The monoisotopic (exact) mass is 434 g/mol. The summed E-state index contributed by atoms with van der Waals surface area (Å²) in [6, 6.07) is 15.0. The van der Waals surface area contributed by atoms with E-state index in [1.807, 2.05) is 36.4 Å². The van der Waals surface area contributed by atoms with E-state index in [-0.39, 0.29) is 5.91 Å². The zero-order valence-electron chi connectivity index (χ0n) is 18.0. The number of benzene rings is 2. The Kier molecular flexibility index (Phi) is 6.69. The van der Waals surface area contributed by atoms with Crippen LogP contribution in [-0.2, 0) is 23.0 Å². The number of carbonyl (C=O) groups excluding carboxylic acids is 1. The van der Waals surface area contributed by atoms with Gasteiger partial charge in [0.15, 0.2) is 5.58 Å². The van der Waals surface area contributed by atoms with Gasteiger partial charge in [0.25, 0.3) is 5.91 Å². The number of rotatable bonds is 5. The summed E-state index contributed by atoms with van der Waals surface area (Å²) in [5, 5.41) is 15.5. The number of hydrogen-bond acceptors (Lipinski definition) is 6. The molecule has 166 valence electrons. The maximum Gasteiger partial charge on any atom is 0.419 e. The van der Waals surface area contributed by atoms with Crippen molar-refractivity contribution < 1.29 is 13.9 Å². The van der Waals surface area contributed by atoms with Crippen LogP contribution in [0.3, 0.4) is 0 Å². The van der Waals surface area contributed by atoms with Crippen LogP contribution >= 0.6 is 0 Å². The van der Waals surface area contributed by atoms with Crippen molar-refractivity contribution in [2.45, 2.75) is 31.4 Å². The Hall–Kier alpha value is -3.41. The molecule has 0 spiro atoms. The van der Waals surface area contributed by atoms with E-state index in [2.05, 4.69) is 16.7 Å². The van der Waals surface area contributed by atoms with E-state index in [0.29, 0.717) is 25.2 Å². The first kappa shape index (κ1) is 21.8. The Bertz CT molecular complexity index is 1180. The standard InChI is InChI=1S/C24H26N4O4/c1-28-20-13-18(8-9-21(20)32-24(28)30)17-6-4-16(5-7-17)12-19(14-25)27-23(29)22-15-26-10-2-3-11-31-22/h4-9,13,19,22,26H,2-3,10-12,15H2,1H3,(H,27,29)/t19-,22-/m0/s1. The highest BCUT2D eigenvalue weighted by atomic mass is 16.5. The fourth-order valence-electron chi connectivity index (χ4n) is 3.81. The van der Waals surface area contributed by atoms with Crippen molar-refractivity contribution in [3.05, 3.63) is 58.6 Å². The van der Waals surface area contributed by atoms with Crippen molar-refractivity contribution >= 4 is 17.0 Å². The second kappa shape index (κ2) is 9.81. The molecule has 1 fully saturated rings. The molecule has 1 aromatic heterocycles. The van der Waals surface area contributed by atoms with E-state index in [1.165, 1.54) is 4.57 Å². The first-order valence-corrected chi connectivity index (χ1v) is 10.8. The Morgan fingerprint density at radius 3 is 2.81 bits per heavy atom. The molecule has 2 N–H and O–H groups in total. The summed E-state index contributed by atoms with van der Waals surface area (Å²) >= 11 is 0. The van der Waals surface area contributed by atoms with Crippen LogP contribution in [0.15, 0.2) is 51.7 Å². The molecule has 3 aromatic rings. The van der Waals surface area contributed by atoms with Crippen LogP contribution in [0.4, 0.5) is 0 Å². The molecule has 1 amide bonds. The van der Waals surface area contributed by atoms with Crippen molar-refractivity contribution in [1.82, 2.24) is 15.2 Å². The first-order valence-electron chi connectivity index (χ1n) is 10.8. The van der Waals surface area contributed by atoms with Gasteiger partial charge in [-0.3, -0.25) is 9.36 Å². The lowest BCUT2D eigenvalue weighted by Gasteiger charge is -2.22. The minimum absolute atomic E-state index is 0.262. The second-order valence-corrected chi connectivity index (χ2v) is 7.97. The molecule has 0 radical (unpaired) electrons. The van der Waals surface area contributed by atoms with Gasteiger partial charge in [-0.2, -0.15) is 5.26 Å². The summed E-state index contributed by atoms with van der Waals surface area (Å²) in [5.74, 6) is -0.653. The molecule has 4 rings (SSSR count). The zero-order chi connectivity index (χ0) is 22.5. The molecule has 1 saturated heterocycles. The quantitative estimate of drug-likeness (QED) is 0.637. The van der Waals surface area contributed by atoms with Gasteiger partial charge in [-0.05, 0) is 48.2 Å². The fourth-order valence-corrected chi connectivity index (χ4v) is 3.81. The first-order chi connectivity index (χ1) is 15.5. The Labute approximate surface area is 185 Å². The molecule has 0 saturated carbocycles. The van der Waals surface area contributed by atoms with E-state index in [0.717, 1.165) is 41.6 Å². The number of nitriles is 1.